The molecule has 90 valence electrons. The summed E-state index contributed by atoms with van der Waals surface area (Å²) < 4.78 is 0. The highest BCUT2D eigenvalue weighted by Gasteiger charge is 2.02. The van der Waals surface area contributed by atoms with Gasteiger partial charge in [-0.1, -0.05) is 20.3 Å². The van der Waals surface area contributed by atoms with E-state index in [1.807, 2.05) is 11.8 Å². The van der Waals surface area contributed by atoms with Gasteiger partial charge in [-0.25, -0.2) is 9.97 Å². The second-order valence-corrected chi connectivity index (χ2v) is 5.00. The van der Waals surface area contributed by atoms with Crippen molar-refractivity contribution in [2.24, 2.45) is 5.92 Å². The lowest BCUT2D eigenvalue weighted by molar-refractivity contribution is 0.699. The first-order chi connectivity index (χ1) is 7.76. The van der Waals surface area contributed by atoms with Crippen molar-refractivity contribution in [3.8, 4) is 0 Å². The summed E-state index contributed by atoms with van der Waals surface area (Å²) in [6.45, 7) is 5.39. The summed E-state index contributed by atoms with van der Waals surface area (Å²) >= 11 is 1.88. The zero-order valence-electron chi connectivity index (χ0n) is 10.4. The molecule has 1 rings (SSSR count). The molecule has 0 bridgehead atoms. The van der Waals surface area contributed by atoms with Gasteiger partial charge in [-0.3, -0.25) is 0 Å². The summed E-state index contributed by atoms with van der Waals surface area (Å²) in [6, 6.07) is 2.05. The van der Waals surface area contributed by atoms with Crippen molar-refractivity contribution in [3.05, 3.63) is 18.1 Å². The van der Waals surface area contributed by atoms with Gasteiger partial charge in [-0.05, 0) is 24.3 Å². The molecular weight excluding hydrogens is 218 g/mol. The molecule has 0 saturated heterocycles. The average Bonchev–Trinajstić information content (AvgIpc) is 2.28. The smallest absolute Gasteiger partial charge is 0.129 e. The molecule has 0 fully saturated rings. The van der Waals surface area contributed by atoms with E-state index in [0.29, 0.717) is 5.92 Å². The molecule has 1 heterocycles. The predicted octanol–water partition coefficient (Wildman–Crippen LogP) is 2.84. The second kappa shape index (κ2) is 7.49. The van der Waals surface area contributed by atoms with E-state index >= 15 is 0 Å². The van der Waals surface area contributed by atoms with Crippen LogP contribution in [0.25, 0.3) is 0 Å². The van der Waals surface area contributed by atoms with Crippen LogP contribution in [0, 0.1) is 5.92 Å². The number of nitrogens with one attached hydrogen (secondary N) is 1. The Kier molecular flexibility index (Phi) is 6.23. The Balaban J connectivity index is 2.44. The first-order valence-corrected chi connectivity index (χ1v) is 7.19. The summed E-state index contributed by atoms with van der Waals surface area (Å²) in [4.78, 5) is 8.46. The van der Waals surface area contributed by atoms with Crippen LogP contribution in [0.4, 0.5) is 5.82 Å². The summed E-state index contributed by atoms with van der Waals surface area (Å²) in [7, 11) is 0. The van der Waals surface area contributed by atoms with E-state index in [4.69, 9.17) is 0 Å². The van der Waals surface area contributed by atoms with Crippen LogP contribution in [-0.2, 0) is 6.42 Å². The van der Waals surface area contributed by atoms with E-state index < -0.39 is 0 Å². The molecule has 0 aliphatic rings. The van der Waals surface area contributed by atoms with Gasteiger partial charge in [0.25, 0.3) is 0 Å². The quantitative estimate of drug-likeness (QED) is 0.794. The van der Waals surface area contributed by atoms with Crippen LogP contribution in [0.2, 0.25) is 0 Å². The molecule has 0 aromatic carbocycles. The first-order valence-electron chi connectivity index (χ1n) is 5.80. The Hall–Kier alpha value is -0.770. The molecule has 1 aromatic rings. The molecule has 4 heteroatoms. The van der Waals surface area contributed by atoms with Crippen LogP contribution in [0.5, 0.6) is 0 Å². The standard InChI is InChI=1S/C12H21N3S/c1-4-5-11-6-12(15-9-14-11)13-7-10(2)8-16-3/h6,9-10H,4-5,7-8H2,1-3H3,(H,13,14,15). The number of anilines is 1. The molecule has 0 spiro atoms. The summed E-state index contributed by atoms with van der Waals surface area (Å²) in [5, 5.41) is 3.36. The van der Waals surface area contributed by atoms with Crippen molar-refractivity contribution < 1.29 is 0 Å². The van der Waals surface area contributed by atoms with Crippen molar-refractivity contribution in [3.63, 3.8) is 0 Å². The van der Waals surface area contributed by atoms with Crippen LogP contribution >= 0.6 is 11.8 Å². The Morgan fingerprint density at radius 1 is 1.44 bits per heavy atom. The molecule has 16 heavy (non-hydrogen) atoms. The topological polar surface area (TPSA) is 37.8 Å². The molecule has 1 atom stereocenters. The Morgan fingerprint density at radius 3 is 2.94 bits per heavy atom. The van der Waals surface area contributed by atoms with Gasteiger partial charge >= 0.3 is 0 Å². The summed E-state index contributed by atoms with van der Waals surface area (Å²) in [5.74, 6) is 2.80. The summed E-state index contributed by atoms with van der Waals surface area (Å²) in [6.07, 6.45) is 5.93. The van der Waals surface area contributed by atoms with Crippen LogP contribution in [0.15, 0.2) is 12.4 Å². The second-order valence-electron chi connectivity index (χ2n) is 4.09. The van der Waals surface area contributed by atoms with E-state index in [-0.39, 0.29) is 0 Å². The van der Waals surface area contributed by atoms with Gasteiger partial charge in [0.2, 0.25) is 0 Å². The zero-order chi connectivity index (χ0) is 11.8. The van der Waals surface area contributed by atoms with Crippen molar-refractivity contribution in [1.29, 1.82) is 0 Å². The van der Waals surface area contributed by atoms with E-state index in [0.717, 1.165) is 30.9 Å². The van der Waals surface area contributed by atoms with Crippen LogP contribution < -0.4 is 5.32 Å². The third-order valence-electron chi connectivity index (χ3n) is 2.31. The van der Waals surface area contributed by atoms with Crippen LogP contribution in [0.3, 0.4) is 0 Å². The fraction of sp³-hybridized carbons (Fsp3) is 0.667. The third-order valence-corrected chi connectivity index (χ3v) is 3.22. The molecule has 3 nitrogen and oxygen atoms in total. The Bertz CT molecular complexity index is 304. The molecule has 1 aromatic heterocycles. The minimum absolute atomic E-state index is 0.666. The molecule has 0 radical (unpaired) electrons. The number of nitrogens with zero attached hydrogens (tertiary/aromatic N) is 2. The van der Waals surface area contributed by atoms with E-state index in [1.165, 1.54) is 5.75 Å². The lowest BCUT2D eigenvalue weighted by atomic mass is 10.2. The van der Waals surface area contributed by atoms with Crippen LogP contribution in [0.1, 0.15) is 26.0 Å². The van der Waals surface area contributed by atoms with Gasteiger partial charge < -0.3 is 5.32 Å². The molecule has 0 amide bonds. The van der Waals surface area contributed by atoms with E-state index in [2.05, 4.69) is 41.5 Å². The number of aromatic nitrogens is 2. The maximum absolute atomic E-state index is 4.24. The number of hydrogen-bond donors (Lipinski definition) is 1. The molecule has 0 aliphatic heterocycles. The largest absolute Gasteiger partial charge is 0.370 e. The molecule has 1 unspecified atom stereocenters. The fourth-order valence-electron chi connectivity index (χ4n) is 1.51. The highest BCUT2D eigenvalue weighted by molar-refractivity contribution is 7.98. The Morgan fingerprint density at radius 2 is 2.25 bits per heavy atom. The van der Waals surface area contributed by atoms with Crippen molar-refractivity contribution in [1.82, 2.24) is 9.97 Å². The van der Waals surface area contributed by atoms with Gasteiger partial charge in [0.15, 0.2) is 0 Å². The molecule has 0 saturated carbocycles. The number of aryl methyl sites for hydroxylation is 1. The fourth-order valence-corrected chi connectivity index (χ4v) is 2.20. The Labute approximate surface area is 102 Å². The number of rotatable bonds is 7. The molecular formula is C12H21N3S. The summed E-state index contributed by atoms with van der Waals surface area (Å²) in [5.41, 5.74) is 1.12. The minimum atomic E-state index is 0.666. The monoisotopic (exact) mass is 239 g/mol. The SMILES string of the molecule is CCCc1cc(NCC(C)CSC)ncn1. The van der Waals surface area contributed by atoms with Gasteiger partial charge in [0.05, 0.1) is 0 Å². The molecule has 0 aliphatic carbocycles. The predicted molar refractivity (Wildman–Crippen MR) is 72.1 cm³/mol. The first kappa shape index (κ1) is 13.3. The zero-order valence-corrected chi connectivity index (χ0v) is 11.2. The van der Waals surface area contributed by atoms with Gasteiger partial charge in [0.1, 0.15) is 12.1 Å². The molecule has 1 N–H and O–H groups in total. The van der Waals surface area contributed by atoms with E-state index in [1.54, 1.807) is 6.33 Å². The van der Waals surface area contributed by atoms with E-state index in [9.17, 15) is 0 Å². The van der Waals surface area contributed by atoms with Gasteiger partial charge in [0, 0.05) is 18.3 Å². The maximum Gasteiger partial charge on any atom is 0.129 e. The lowest BCUT2D eigenvalue weighted by Crippen LogP contribution is -2.14. The van der Waals surface area contributed by atoms with Gasteiger partial charge in [-0.15, -0.1) is 0 Å². The normalized spacial score (nSPS) is 12.4. The number of thioether (sulfide) groups is 1. The highest BCUT2D eigenvalue weighted by Crippen LogP contribution is 2.09. The maximum atomic E-state index is 4.24. The average molecular weight is 239 g/mol. The van der Waals surface area contributed by atoms with Crippen molar-refractivity contribution in [2.45, 2.75) is 26.7 Å². The number of hydrogen-bond acceptors (Lipinski definition) is 4. The lowest BCUT2D eigenvalue weighted by Gasteiger charge is -2.11. The third kappa shape index (κ3) is 4.84. The van der Waals surface area contributed by atoms with Gasteiger partial charge in [-0.2, -0.15) is 11.8 Å². The van der Waals surface area contributed by atoms with Crippen LogP contribution in [-0.4, -0.2) is 28.5 Å². The minimum Gasteiger partial charge on any atom is -0.370 e. The van der Waals surface area contributed by atoms with Crippen molar-refractivity contribution >= 4 is 17.6 Å². The van der Waals surface area contributed by atoms with Crippen molar-refractivity contribution in [2.75, 3.05) is 23.9 Å². The highest BCUT2D eigenvalue weighted by atomic mass is 32.2.